The zero-order chi connectivity index (χ0) is 16.2. The zero-order valence-electron chi connectivity index (χ0n) is 12.1. The molecule has 7 heteroatoms. The first-order chi connectivity index (χ1) is 9.73. The molecule has 21 heavy (non-hydrogen) atoms. The summed E-state index contributed by atoms with van der Waals surface area (Å²) in [7, 11) is 0. The minimum Gasteiger partial charge on any atom is -0.478 e. The van der Waals surface area contributed by atoms with Gasteiger partial charge in [0.15, 0.2) is 0 Å². The molecule has 114 valence electrons. The normalized spacial score (nSPS) is 11.8. The second-order valence-electron chi connectivity index (χ2n) is 5.02. The van der Waals surface area contributed by atoms with Crippen LogP contribution in [0.5, 0.6) is 0 Å². The van der Waals surface area contributed by atoms with Gasteiger partial charge in [-0.1, -0.05) is 26.0 Å². The highest BCUT2D eigenvalue weighted by molar-refractivity contribution is 6.03. The number of aryl methyl sites for hydroxylation is 1. The summed E-state index contributed by atoms with van der Waals surface area (Å²) < 4.78 is 0. The minimum atomic E-state index is -1.13. The van der Waals surface area contributed by atoms with Crippen molar-refractivity contribution in [3.8, 4) is 0 Å². The van der Waals surface area contributed by atoms with Crippen molar-refractivity contribution in [1.29, 1.82) is 0 Å². The summed E-state index contributed by atoms with van der Waals surface area (Å²) in [5, 5.41) is 14.1. The third-order valence-corrected chi connectivity index (χ3v) is 2.99. The van der Waals surface area contributed by atoms with Gasteiger partial charge in [-0.3, -0.25) is 4.79 Å². The molecule has 1 atom stereocenters. The highest BCUT2D eigenvalue weighted by Crippen LogP contribution is 2.20. The molecule has 1 aromatic rings. The van der Waals surface area contributed by atoms with Gasteiger partial charge in [0.1, 0.15) is 6.04 Å². The van der Waals surface area contributed by atoms with E-state index in [1.165, 1.54) is 6.07 Å². The molecule has 0 saturated carbocycles. The van der Waals surface area contributed by atoms with Gasteiger partial charge < -0.3 is 21.5 Å². The number of carboxylic acid groups (broad SMARTS) is 1. The van der Waals surface area contributed by atoms with E-state index in [9.17, 15) is 19.5 Å². The van der Waals surface area contributed by atoms with Crippen molar-refractivity contribution in [2.24, 2.45) is 11.7 Å². The highest BCUT2D eigenvalue weighted by atomic mass is 16.4. The number of primary amides is 1. The molecule has 0 fully saturated rings. The standard InChI is InChI=1S/C14H19N3O4/c1-7(2)11(17-14(15)21)12(18)16-9-6-4-5-8(3)10(9)13(19)20/h4-7,11H,1-3H3,(H,16,18)(H,19,20)(H3,15,17,21). The first-order valence-corrected chi connectivity index (χ1v) is 6.43. The van der Waals surface area contributed by atoms with Crippen LogP contribution in [0.4, 0.5) is 10.5 Å². The second-order valence-corrected chi connectivity index (χ2v) is 5.02. The Bertz CT molecular complexity index is 569. The molecule has 1 rings (SSSR count). The summed E-state index contributed by atoms with van der Waals surface area (Å²) in [6, 6.07) is 3.12. The van der Waals surface area contributed by atoms with E-state index in [1.807, 2.05) is 0 Å². The van der Waals surface area contributed by atoms with E-state index in [-0.39, 0.29) is 17.2 Å². The van der Waals surface area contributed by atoms with E-state index in [4.69, 9.17) is 5.73 Å². The average molecular weight is 293 g/mol. The molecule has 0 bridgehead atoms. The Kier molecular flexibility index (Phi) is 5.29. The molecule has 3 amide bonds. The molecular weight excluding hydrogens is 274 g/mol. The Labute approximate surface area is 122 Å². The lowest BCUT2D eigenvalue weighted by atomic mass is 10.0. The van der Waals surface area contributed by atoms with Gasteiger partial charge in [-0.25, -0.2) is 9.59 Å². The number of rotatable bonds is 5. The van der Waals surface area contributed by atoms with Crippen LogP contribution in [-0.2, 0) is 4.79 Å². The molecule has 0 radical (unpaired) electrons. The van der Waals surface area contributed by atoms with Crippen LogP contribution in [0.2, 0.25) is 0 Å². The van der Waals surface area contributed by atoms with Crippen molar-refractivity contribution >= 4 is 23.6 Å². The number of carboxylic acids is 1. The van der Waals surface area contributed by atoms with E-state index in [0.29, 0.717) is 5.56 Å². The van der Waals surface area contributed by atoms with Gasteiger partial charge in [0.2, 0.25) is 5.91 Å². The Morgan fingerprint density at radius 2 is 1.86 bits per heavy atom. The fourth-order valence-electron chi connectivity index (χ4n) is 1.95. The van der Waals surface area contributed by atoms with Crippen LogP contribution in [0.3, 0.4) is 0 Å². The maximum absolute atomic E-state index is 12.2. The Hall–Kier alpha value is -2.57. The van der Waals surface area contributed by atoms with Crippen molar-refractivity contribution < 1.29 is 19.5 Å². The minimum absolute atomic E-state index is 0.0208. The van der Waals surface area contributed by atoms with Crippen molar-refractivity contribution in [3.63, 3.8) is 0 Å². The van der Waals surface area contributed by atoms with Crippen LogP contribution in [0.1, 0.15) is 29.8 Å². The molecule has 7 nitrogen and oxygen atoms in total. The summed E-state index contributed by atoms with van der Waals surface area (Å²) in [4.78, 5) is 34.4. The summed E-state index contributed by atoms with van der Waals surface area (Å²) in [6.07, 6.45) is 0. The predicted molar refractivity (Wildman–Crippen MR) is 78.1 cm³/mol. The van der Waals surface area contributed by atoms with Gasteiger partial charge in [-0.15, -0.1) is 0 Å². The molecule has 0 aliphatic heterocycles. The second kappa shape index (κ2) is 6.74. The molecule has 1 unspecified atom stereocenters. The molecule has 1 aromatic carbocycles. The Balaban J connectivity index is 3.04. The number of carbonyl (C=O) groups excluding carboxylic acids is 2. The number of aromatic carboxylic acids is 1. The highest BCUT2D eigenvalue weighted by Gasteiger charge is 2.25. The zero-order valence-corrected chi connectivity index (χ0v) is 12.1. The summed E-state index contributed by atoms with van der Waals surface area (Å²) in [6.45, 7) is 5.13. The van der Waals surface area contributed by atoms with Gasteiger partial charge >= 0.3 is 12.0 Å². The topological polar surface area (TPSA) is 122 Å². The monoisotopic (exact) mass is 293 g/mol. The van der Waals surface area contributed by atoms with Gasteiger partial charge in [0.25, 0.3) is 0 Å². The molecule has 0 spiro atoms. The number of carbonyl (C=O) groups is 3. The van der Waals surface area contributed by atoms with Gasteiger partial charge in [0, 0.05) is 0 Å². The van der Waals surface area contributed by atoms with Crippen LogP contribution in [0.25, 0.3) is 0 Å². The first-order valence-electron chi connectivity index (χ1n) is 6.43. The third-order valence-electron chi connectivity index (χ3n) is 2.99. The fourth-order valence-corrected chi connectivity index (χ4v) is 1.95. The first kappa shape index (κ1) is 16.5. The van der Waals surface area contributed by atoms with E-state index < -0.39 is 23.9 Å². The van der Waals surface area contributed by atoms with Crippen molar-refractivity contribution in [3.05, 3.63) is 29.3 Å². The SMILES string of the molecule is Cc1cccc(NC(=O)C(NC(N)=O)C(C)C)c1C(=O)O. The molecule has 0 aliphatic carbocycles. The van der Waals surface area contributed by atoms with E-state index in [1.54, 1.807) is 32.9 Å². The van der Waals surface area contributed by atoms with Crippen molar-refractivity contribution in [1.82, 2.24) is 5.32 Å². The number of hydrogen-bond donors (Lipinski definition) is 4. The molecule has 0 saturated heterocycles. The lowest BCUT2D eigenvalue weighted by molar-refractivity contribution is -0.118. The van der Waals surface area contributed by atoms with Crippen LogP contribution in [-0.4, -0.2) is 29.1 Å². The van der Waals surface area contributed by atoms with Crippen LogP contribution >= 0.6 is 0 Å². The predicted octanol–water partition coefficient (Wildman–Crippen LogP) is 1.32. The van der Waals surface area contributed by atoms with E-state index in [0.717, 1.165) is 0 Å². The van der Waals surface area contributed by atoms with Gasteiger partial charge in [-0.05, 0) is 24.5 Å². The molecule has 0 aliphatic rings. The Morgan fingerprint density at radius 1 is 1.24 bits per heavy atom. The number of urea groups is 1. The average Bonchev–Trinajstić information content (AvgIpc) is 2.34. The largest absolute Gasteiger partial charge is 0.478 e. The van der Waals surface area contributed by atoms with Crippen LogP contribution in [0.15, 0.2) is 18.2 Å². The number of amides is 3. The van der Waals surface area contributed by atoms with E-state index >= 15 is 0 Å². The smallest absolute Gasteiger partial charge is 0.338 e. The number of nitrogens with two attached hydrogens (primary N) is 1. The maximum Gasteiger partial charge on any atom is 0.338 e. The van der Waals surface area contributed by atoms with Gasteiger partial charge in [0.05, 0.1) is 11.3 Å². The van der Waals surface area contributed by atoms with Crippen molar-refractivity contribution in [2.45, 2.75) is 26.8 Å². The molecule has 0 aromatic heterocycles. The Morgan fingerprint density at radius 3 is 2.33 bits per heavy atom. The molecular formula is C14H19N3O4. The molecule has 0 heterocycles. The third kappa shape index (κ3) is 4.20. The maximum atomic E-state index is 12.2. The van der Waals surface area contributed by atoms with Crippen LogP contribution < -0.4 is 16.4 Å². The molecule has 5 N–H and O–H groups in total. The lowest BCUT2D eigenvalue weighted by Gasteiger charge is -2.21. The lowest BCUT2D eigenvalue weighted by Crippen LogP contribution is -2.49. The number of nitrogens with one attached hydrogen (secondary N) is 2. The summed E-state index contributed by atoms with van der Waals surface area (Å²) in [5.74, 6) is -1.85. The number of benzene rings is 1. The summed E-state index contributed by atoms with van der Waals surface area (Å²) in [5.41, 5.74) is 5.78. The number of hydrogen-bond acceptors (Lipinski definition) is 3. The van der Waals surface area contributed by atoms with Gasteiger partial charge in [-0.2, -0.15) is 0 Å². The van der Waals surface area contributed by atoms with Crippen LogP contribution in [0, 0.1) is 12.8 Å². The quantitative estimate of drug-likeness (QED) is 0.654. The number of anilines is 1. The summed E-state index contributed by atoms with van der Waals surface area (Å²) >= 11 is 0. The van der Waals surface area contributed by atoms with E-state index in [2.05, 4.69) is 10.6 Å². The van der Waals surface area contributed by atoms with Crippen molar-refractivity contribution in [2.75, 3.05) is 5.32 Å². The fraction of sp³-hybridized carbons (Fsp3) is 0.357.